The van der Waals surface area contributed by atoms with Crippen molar-refractivity contribution in [2.75, 3.05) is 44.9 Å². The zero-order valence-corrected chi connectivity index (χ0v) is 16.1. The van der Waals surface area contributed by atoms with E-state index in [-0.39, 0.29) is 11.4 Å². The van der Waals surface area contributed by atoms with Gasteiger partial charge in [0, 0.05) is 38.9 Å². The molecule has 0 saturated heterocycles. The topological polar surface area (TPSA) is 62.6 Å². The van der Waals surface area contributed by atoms with E-state index in [0.29, 0.717) is 32.7 Å². The summed E-state index contributed by atoms with van der Waals surface area (Å²) in [7, 11) is 1.63. The average molecular weight is 368 g/mol. The summed E-state index contributed by atoms with van der Waals surface area (Å²) in [6.07, 6.45) is 7.21. The molecule has 2 heterocycles. The van der Waals surface area contributed by atoms with Crippen molar-refractivity contribution in [2.24, 2.45) is 0 Å². The molecule has 27 heavy (non-hydrogen) atoms. The molecule has 0 radical (unpaired) electrons. The maximum atomic E-state index is 12.4. The van der Waals surface area contributed by atoms with Crippen molar-refractivity contribution in [2.45, 2.75) is 38.5 Å². The normalized spacial score (nSPS) is 16.0. The number of nitriles is 1. The number of anilines is 1. The highest BCUT2D eigenvalue weighted by Gasteiger charge is 2.24. The van der Waals surface area contributed by atoms with Gasteiger partial charge in [0.15, 0.2) is 5.78 Å². The van der Waals surface area contributed by atoms with Gasteiger partial charge in [-0.25, -0.2) is 0 Å². The highest BCUT2D eigenvalue weighted by atomic mass is 16.5. The molecule has 5 heteroatoms. The molecule has 0 N–H and O–H groups in total. The summed E-state index contributed by atoms with van der Waals surface area (Å²) in [4.78, 5) is 14.9. The first kappa shape index (κ1) is 19.6. The van der Waals surface area contributed by atoms with E-state index < -0.39 is 0 Å². The molecule has 0 bridgehead atoms. The van der Waals surface area contributed by atoms with Crippen LogP contribution in [0.4, 0.5) is 5.69 Å². The van der Waals surface area contributed by atoms with Gasteiger partial charge < -0.3 is 14.4 Å². The number of allylic oxidation sites excluding steroid dienone is 1. The lowest BCUT2D eigenvalue weighted by atomic mass is 9.89. The Kier molecular flexibility index (Phi) is 7.03. The molecule has 5 nitrogen and oxygen atoms in total. The molecule has 0 amide bonds. The standard InChI is InChI=1S/C22H28N2O3/c1-26-11-12-27-10-4-7-21(25)20(16-23)15-17-13-18-5-2-8-24-9-3-6-19(14-17)22(18)24/h13-15H,2-12H2,1H3/b20-15+. The van der Waals surface area contributed by atoms with Crippen LogP contribution in [0.25, 0.3) is 6.08 Å². The lowest BCUT2D eigenvalue weighted by Gasteiger charge is -2.37. The monoisotopic (exact) mass is 368 g/mol. The van der Waals surface area contributed by atoms with E-state index in [0.717, 1.165) is 31.5 Å². The van der Waals surface area contributed by atoms with Gasteiger partial charge in [-0.2, -0.15) is 5.26 Å². The molecule has 0 saturated carbocycles. The first-order valence-corrected chi connectivity index (χ1v) is 9.85. The van der Waals surface area contributed by atoms with Crippen molar-refractivity contribution in [1.29, 1.82) is 5.26 Å². The number of carbonyl (C=O) groups excluding carboxylic acids is 1. The summed E-state index contributed by atoms with van der Waals surface area (Å²) in [5, 5.41) is 9.45. The molecule has 0 atom stereocenters. The van der Waals surface area contributed by atoms with Crippen LogP contribution < -0.4 is 4.90 Å². The summed E-state index contributed by atoms with van der Waals surface area (Å²) in [6, 6.07) is 6.42. The van der Waals surface area contributed by atoms with E-state index in [9.17, 15) is 10.1 Å². The lowest BCUT2D eigenvalue weighted by molar-refractivity contribution is -0.115. The summed E-state index contributed by atoms with van der Waals surface area (Å²) in [6.45, 7) is 3.87. The largest absolute Gasteiger partial charge is 0.382 e. The first-order valence-electron chi connectivity index (χ1n) is 9.85. The number of hydrogen-bond acceptors (Lipinski definition) is 5. The van der Waals surface area contributed by atoms with Gasteiger partial charge in [-0.05, 0) is 67.0 Å². The van der Waals surface area contributed by atoms with E-state index in [2.05, 4.69) is 23.1 Å². The van der Waals surface area contributed by atoms with E-state index >= 15 is 0 Å². The number of carbonyl (C=O) groups is 1. The fourth-order valence-electron chi connectivity index (χ4n) is 3.97. The number of aryl methyl sites for hydroxylation is 2. The number of nitrogens with zero attached hydrogens (tertiary/aromatic N) is 2. The van der Waals surface area contributed by atoms with Gasteiger partial charge in [0.05, 0.1) is 18.8 Å². The number of ketones is 1. The Morgan fingerprint density at radius 3 is 2.52 bits per heavy atom. The number of Topliss-reactive ketones (excluding diaryl/α,β-unsaturated/α-hetero) is 1. The average Bonchev–Trinajstić information content (AvgIpc) is 2.69. The van der Waals surface area contributed by atoms with Gasteiger partial charge in [0.1, 0.15) is 6.07 Å². The van der Waals surface area contributed by atoms with Gasteiger partial charge in [-0.1, -0.05) is 0 Å². The number of hydrogen-bond donors (Lipinski definition) is 0. The number of ether oxygens (including phenoxy) is 2. The molecule has 1 aromatic rings. The second-order valence-corrected chi connectivity index (χ2v) is 7.18. The Bertz CT molecular complexity index is 717. The predicted octanol–water partition coefficient (Wildman–Crippen LogP) is 3.30. The maximum absolute atomic E-state index is 12.4. The second kappa shape index (κ2) is 9.68. The summed E-state index contributed by atoms with van der Waals surface area (Å²) >= 11 is 0. The van der Waals surface area contributed by atoms with E-state index in [1.165, 1.54) is 29.7 Å². The molecule has 0 aromatic heterocycles. The van der Waals surface area contributed by atoms with Crippen LogP contribution in [0.5, 0.6) is 0 Å². The maximum Gasteiger partial charge on any atom is 0.173 e. The highest BCUT2D eigenvalue weighted by molar-refractivity contribution is 6.03. The van der Waals surface area contributed by atoms with Gasteiger partial charge in [-0.3, -0.25) is 4.79 Å². The van der Waals surface area contributed by atoms with Crippen molar-refractivity contribution in [3.8, 4) is 6.07 Å². The Morgan fingerprint density at radius 1 is 1.19 bits per heavy atom. The van der Waals surface area contributed by atoms with Crippen LogP contribution in [0.15, 0.2) is 17.7 Å². The van der Waals surface area contributed by atoms with Gasteiger partial charge in [0.25, 0.3) is 0 Å². The Labute approximate surface area is 161 Å². The molecular weight excluding hydrogens is 340 g/mol. The van der Waals surface area contributed by atoms with Gasteiger partial charge in [-0.15, -0.1) is 0 Å². The number of rotatable bonds is 9. The van der Waals surface area contributed by atoms with Crippen LogP contribution in [0.2, 0.25) is 0 Å². The van der Waals surface area contributed by atoms with Crippen molar-refractivity contribution < 1.29 is 14.3 Å². The third-order valence-corrected chi connectivity index (χ3v) is 5.21. The van der Waals surface area contributed by atoms with E-state index in [1.807, 2.05) is 0 Å². The van der Waals surface area contributed by atoms with Crippen LogP contribution in [0.3, 0.4) is 0 Å². The molecule has 0 unspecified atom stereocenters. The third-order valence-electron chi connectivity index (χ3n) is 5.21. The first-order chi connectivity index (χ1) is 13.2. The summed E-state index contributed by atoms with van der Waals surface area (Å²) in [5.41, 5.74) is 5.35. The predicted molar refractivity (Wildman–Crippen MR) is 106 cm³/mol. The molecule has 0 spiro atoms. The minimum atomic E-state index is -0.110. The quantitative estimate of drug-likeness (QED) is 0.380. The molecule has 0 fully saturated rings. The van der Waals surface area contributed by atoms with Gasteiger partial charge >= 0.3 is 0 Å². The zero-order valence-electron chi connectivity index (χ0n) is 16.1. The molecule has 0 aliphatic carbocycles. The zero-order chi connectivity index (χ0) is 19.1. The van der Waals surface area contributed by atoms with Crippen molar-refractivity contribution in [3.63, 3.8) is 0 Å². The van der Waals surface area contributed by atoms with E-state index in [4.69, 9.17) is 9.47 Å². The van der Waals surface area contributed by atoms with Crippen molar-refractivity contribution in [1.82, 2.24) is 0 Å². The Hall–Kier alpha value is -2.16. The smallest absolute Gasteiger partial charge is 0.173 e. The lowest BCUT2D eigenvalue weighted by Crippen LogP contribution is -2.34. The fourth-order valence-corrected chi connectivity index (χ4v) is 3.97. The highest BCUT2D eigenvalue weighted by Crippen LogP contribution is 2.36. The molecule has 2 aliphatic heterocycles. The third kappa shape index (κ3) is 4.97. The SMILES string of the molecule is COCCOCCCC(=O)/C(C#N)=C/c1cc2c3c(c1)CCCN3CCC2. The number of methoxy groups -OCH3 is 1. The number of benzene rings is 1. The fraction of sp³-hybridized carbons (Fsp3) is 0.545. The van der Waals surface area contributed by atoms with E-state index in [1.54, 1.807) is 13.2 Å². The Balaban J connectivity index is 1.67. The molecule has 144 valence electrons. The minimum absolute atomic E-state index is 0.110. The van der Waals surface area contributed by atoms with Crippen LogP contribution in [-0.2, 0) is 27.1 Å². The van der Waals surface area contributed by atoms with Crippen LogP contribution in [0.1, 0.15) is 42.4 Å². The Morgan fingerprint density at radius 2 is 1.89 bits per heavy atom. The molecular formula is C22H28N2O3. The summed E-state index contributed by atoms with van der Waals surface area (Å²) in [5.74, 6) is -0.110. The van der Waals surface area contributed by atoms with Crippen LogP contribution >= 0.6 is 0 Å². The molecule has 3 rings (SSSR count). The van der Waals surface area contributed by atoms with Gasteiger partial charge in [0.2, 0.25) is 0 Å². The van der Waals surface area contributed by atoms with Crippen LogP contribution in [0, 0.1) is 11.3 Å². The minimum Gasteiger partial charge on any atom is -0.382 e. The second-order valence-electron chi connectivity index (χ2n) is 7.18. The summed E-state index contributed by atoms with van der Waals surface area (Å²) < 4.78 is 10.3. The molecule has 1 aromatic carbocycles. The molecule has 2 aliphatic rings. The van der Waals surface area contributed by atoms with Crippen molar-refractivity contribution in [3.05, 3.63) is 34.4 Å². The van der Waals surface area contributed by atoms with Crippen LogP contribution in [-0.4, -0.2) is 45.8 Å². The van der Waals surface area contributed by atoms with Crippen molar-refractivity contribution >= 4 is 17.5 Å².